The number of amides is 1. The molecule has 0 fully saturated rings. The smallest absolute Gasteiger partial charge is 0.244 e. The Labute approximate surface area is 161 Å². The molecule has 0 bridgehead atoms. The van der Waals surface area contributed by atoms with Gasteiger partial charge in [0.1, 0.15) is 5.75 Å². The van der Waals surface area contributed by atoms with Crippen molar-refractivity contribution in [2.75, 3.05) is 0 Å². The molecule has 136 valence electrons. The monoisotopic (exact) mass is 382 g/mol. The van der Waals surface area contributed by atoms with E-state index in [0.29, 0.717) is 22.9 Å². The molecule has 1 aromatic heterocycles. The number of benzene rings is 2. The molecule has 4 nitrogen and oxygen atoms in total. The highest BCUT2D eigenvalue weighted by Gasteiger charge is 2.06. The van der Waals surface area contributed by atoms with Gasteiger partial charge in [0.05, 0.1) is 6.20 Å². The molecular formula is C21H16ClFN2O2. The lowest BCUT2D eigenvalue weighted by Gasteiger charge is -2.07. The number of aromatic nitrogens is 1. The fourth-order valence-corrected chi connectivity index (χ4v) is 2.50. The highest BCUT2D eigenvalue weighted by Crippen LogP contribution is 2.24. The summed E-state index contributed by atoms with van der Waals surface area (Å²) in [6, 6.07) is 15.1. The Hall–Kier alpha value is -3.18. The van der Waals surface area contributed by atoms with Gasteiger partial charge < -0.3 is 10.1 Å². The summed E-state index contributed by atoms with van der Waals surface area (Å²) in [6.45, 7) is 0.315. The highest BCUT2D eigenvalue weighted by atomic mass is 35.5. The Morgan fingerprint density at radius 1 is 1.19 bits per heavy atom. The lowest BCUT2D eigenvalue weighted by molar-refractivity contribution is -0.116. The van der Waals surface area contributed by atoms with Gasteiger partial charge in [-0.15, -0.1) is 0 Å². The Kier molecular flexibility index (Phi) is 6.18. The zero-order valence-corrected chi connectivity index (χ0v) is 15.0. The number of carbonyl (C=O) groups is 1. The molecule has 3 rings (SSSR count). The van der Waals surface area contributed by atoms with Gasteiger partial charge in [0.2, 0.25) is 5.91 Å². The van der Waals surface area contributed by atoms with Crippen LogP contribution in [0.25, 0.3) is 6.08 Å². The molecule has 27 heavy (non-hydrogen) atoms. The minimum Gasteiger partial charge on any atom is -0.453 e. The lowest BCUT2D eigenvalue weighted by Crippen LogP contribution is -2.20. The van der Waals surface area contributed by atoms with Gasteiger partial charge in [0.15, 0.2) is 11.6 Å². The van der Waals surface area contributed by atoms with Crippen molar-refractivity contribution < 1.29 is 13.9 Å². The van der Waals surface area contributed by atoms with E-state index < -0.39 is 5.82 Å². The van der Waals surface area contributed by atoms with Crippen molar-refractivity contribution in [2.45, 2.75) is 6.54 Å². The van der Waals surface area contributed by atoms with Crippen LogP contribution in [-0.4, -0.2) is 10.9 Å². The van der Waals surface area contributed by atoms with Crippen LogP contribution in [0.5, 0.6) is 11.5 Å². The highest BCUT2D eigenvalue weighted by molar-refractivity contribution is 6.31. The molecule has 0 atom stereocenters. The first-order valence-corrected chi connectivity index (χ1v) is 8.56. The van der Waals surface area contributed by atoms with Crippen molar-refractivity contribution in [3.8, 4) is 11.5 Å². The Morgan fingerprint density at radius 3 is 2.78 bits per heavy atom. The summed E-state index contributed by atoms with van der Waals surface area (Å²) in [7, 11) is 0. The van der Waals surface area contributed by atoms with E-state index in [1.54, 1.807) is 30.5 Å². The number of hydrogen-bond acceptors (Lipinski definition) is 3. The fourth-order valence-electron chi connectivity index (χ4n) is 2.29. The van der Waals surface area contributed by atoms with Crippen LogP contribution in [0.3, 0.4) is 0 Å². The number of halogens is 2. The van der Waals surface area contributed by atoms with E-state index in [1.807, 2.05) is 18.2 Å². The second kappa shape index (κ2) is 8.96. The van der Waals surface area contributed by atoms with Gasteiger partial charge in [-0.1, -0.05) is 35.9 Å². The third kappa shape index (κ3) is 5.39. The molecule has 0 radical (unpaired) electrons. The summed E-state index contributed by atoms with van der Waals surface area (Å²) in [5.74, 6) is -0.301. The first kappa shape index (κ1) is 18.6. The maximum absolute atomic E-state index is 14.2. The molecule has 0 aliphatic heterocycles. The van der Waals surface area contributed by atoms with Crippen LogP contribution in [0.4, 0.5) is 4.39 Å². The standard InChI is InChI=1S/C21H16ClFN2O2/c22-18-6-2-1-4-16(18)13-25-21(26)10-8-15-7-9-20(19(23)12-15)27-17-5-3-11-24-14-17/h1-12,14H,13H2,(H,25,26)/b10-8+. The molecule has 0 spiro atoms. The van der Waals surface area contributed by atoms with Gasteiger partial charge in [0, 0.05) is 23.8 Å². The van der Waals surface area contributed by atoms with Gasteiger partial charge in [-0.05, 0) is 47.5 Å². The molecule has 0 aliphatic carbocycles. The van der Waals surface area contributed by atoms with E-state index in [2.05, 4.69) is 10.3 Å². The Bertz CT molecular complexity index is 961. The topological polar surface area (TPSA) is 51.2 Å². The zero-order chi connectivity index (χ0) is 19.1. The molecule has 0 aliphatic rings. The third-order valence-electron chi connectivity index (χ3n) is 3.66. The van der Waals surface area contributed by atoms with Crippen LogP contribution < -0.4 is 10.1 Å². The molecule has 0 saturated carbocycles. The average molecular weight is 383 g/mol. The van der Waals surface area contributed by atoms with Gasteiger partial charge in [-0.3, -0.25) is 9.78 Å². The van der Waals surface area contributed by atoms with Gasteiger partial charge in [0.25, 0.3) is 0 Å². The normalized spacial score (nSPS) is 10.7. The summed E-state index contributed by atoms with van der Waals surface area (Å²) in [4.78, 5) is 15.8. The molecule has 1 heterocycles. The maximum atomic E-state index is 14.2. The predicted molar refractivity (Wildman–Crippen MR) is 103 cm³/mol. The first-order chi connectivity index (χ1) is 13.1. The number of carbonyl (C=O) groups excluding carboxylic acids is 1. The number of nitrogens with zero attached hydrogens (tertiary/aromatic N) is 1. The summed E-state index contributed by atoms with van der Waals surface area (Å²) in [6.07, 6.45) is 5.97. The van der Waals surface area contributed by atoms with E-state index in [9.17, 15) is 9.18 Å². The number of nitrogens with one attached hydrogen (secondary N) is 1. The van der Waals surface area contributed by atoms with E-state index in [1.165, 1.54) is 30.5 Å². The van der Waals surface area contributed by atoms with Crippen molar-refractivity contribution in [1.82, 2.24) is 10.3 Å². The van der Waals surface area contributed by atoms with Crippen LogP contribution in [0.2, 0.25) is 5.02 Å². The van der Waals surface area contributed by atoms with Crippen molar-refractivity contribution >= 4 is 23.6 Å². The minimum absolute atomic E-state index is 0.0864. The van der Waals surface area contributed by atoms with Crippen LogP contribution in [0, 0.1) is 5.82 Å². The molecule has 3 aromatic rings. The number of pyridine rings is 1. The second-order valence-electron chi connectivity index (χ2n) is 5.62. The fraction of sp³-hybridized carbons (Fsp3) is 0.0476. The summed E-state index contributed by atoms with van der Waals surface area (Å²) >= 11 is 6.04. The molecule has 2 aromatic carbocycles. The van der Waals surface area contributed by atoms with E-state index in [0.717, 1.165) is 5.56 Å². The van der Waals surface area contributed by atoms with Crippen molar-refractivity contribution in [2.24, 2.45) is 0 Å². The van der Waals surface area contributed by atoms with E-state index in [4.69, 9.17) is 16.3 Å². The summed E-state index contributed by atoms with van der Waals surface area (Å²) in [5, 5.41) is 3.32. The molecule has 0 saturated heterocycles. The van der Waals surface area contributed by atoms with Crippen molar-refractivity contribution in [1.29, 1.82) is 0 Å². The molecule has 0 unspecified atom stereocenters. The van der Waals surface area contributed by atoms with E-state index >= 15 is 0 Å². The van der Waals surface area contributed by atoms with Crippen molar-refractivity contribution in [3.05, 3.63) is 95.0 Å². The average Bonchev–Trinajstić information content (AvgIpc) is 2.68. The molecule has 1 N–H and O–H groups in total. The van der Waals surface area contributed by atoms with Crippen LogP contribution in [-0.2, 0) is 11.3 Å². The van der Waals surface area contributed by atoms with Crippen LogP contribution in [0.1, 0.15) is 11.1 Å². The van der Waals surface area contributed by atoms with Crippen LogP contribution >= 0.6 is 11.6 Å². The first-order valence-electron chi connectivity index (χ1n) is 8.18. The largest absolute Gasteiger partial charge is 0.453 e. The second-order valence-corrected chi connectivity index (χ2v) is 6.03. The number of hydrogen-bond donors (Lipinski definition) is 1. The van der Waals surface area contributed by atoms with E-state index in [-0.39, 0.29) is 11.7 Å². The van der Waals surface area contributed by atoms with Crippen LogP contribution in [0.15, 0.2) is 73.1 Å². The minimum atomic E-state index is -0.530. The molecular weight excluding hydrogens is 367 g/mol. The number of ether oxygens (including phenoxy) is 1. The zero-order valence-electron chi connectivity index (χ0n) is 14.2. The summed E-state index contributed by atoms with van der Waals surface area (Å²) < 4.78 is 19.6. The quantitative estimate of drug-likeness (QED) is 0.610. The lowest BCUT2D eigenvalue weighted by atomic mass is 10.2. The Balaban J connectivity index is 1.59. The predicted octanol–water partition coefficient (Wildman–Crippen LogP) is 5.00. The van der Waals surface area contributed by atoms with Gasteiger partial charge in [-0.2, -0.15) is 0 Å². The molecule has 1 amide bonds. The maximum Gasteiger partial charge on any atom is 0.244 e. The van der Waals surface area contributed by atoms with Gasteiger partial charge >= 0.3 is 0 Å². The third-order valence-corrected chi connectivity index (χ3v) is 4.02. The number of rotatable bonds is 6. The molecule has 6 heteroatoms. The Morgan fingerprint density at radius 2 is 2.04 bits per heavy atom. The van der Waals surface area contributed by atoms with Gasteiger partial charge in [-0.25, -0.2) is 4.39 Å². The summed E-state index contributed by atoms with van der Waals surface area (Å²) in [5.41, 5.74) is 1.36. The van der Waals surface area contributed by atoms with Crippen molar-refractivity contribution in [3.63, 3.8) is 0 Å². The SMILES string of the molecule is O=C(/C=C/c1ccc(Oc2cccnc2)c(F)c1)NCc1ccccc1Cl.